The Hall–Kier alpha value is -2.29. The number of hydrogen-bond donors (Lipinski definition) is 0. The van der Waals surface area contributed by atoms with E-state index in [1.54, 1.807) is 7.11 Å². The zero-order chi connectivity index (χ0) is 14.5. The van der Waals surface area contributed by atoms with Gasteiger partial charge in [0, 0.05) is 0 Å². The van der Waals surface area contributed by atoms with Crippen molar-refractivity contribution in [3.8, 4) is 11.5 Å². The number of carbonyl (C=O) groups excluding carboxylic acids is 1. The lowest BCUT2D eigenvalue weighted by Crippen LogP contribution is -2.11. The number of benzene rings is 2. The fraction of sp³-hybridized carbons (Fsp3) is 0.235. The standard InChI is InChI=1S/C17H18O3/c1-12-8-13(2)10-16(9-12)20-17(18)11-14-4-6-15(19-3)7-5-14/h4-10H,11H2,1-3H3. The van der Waals surface area contributed by atoms with Crippen molar-refractivity contribution in [2.24, 2.45) is 0 Å². The van der Waals surface area contributed by atoms with Crippen LogP contribution in [0.5, 0.6) is 11.5 Å². The van der Waals surface area contributed by atoms with E-state index in [0.717, 1.165) is 22.4 Å². The number of hydrogen-bond acceptors (Lipinski definition) is 3. The number of rotatable bonds is 4. The molecule has 0 amide bonds. The zero-order valence-electron chi connectivity index (χ0n) is 12.0. The van der Waals surface area contributed by atoms with Gasteiger partial charge in [0.15, 0.2) is 0 Å². The first-order valence-corrected chi connectivity index (χ1v) is 6.49. The molecule has 0 spiro atoms. The molecule has 0 saturated heterocycles. The summed E-state index contributed by atoms with van der Waals surface area (Å²) in [5.41, 5.74) is 3.06. The first-order valence-electron chi connectivity index (χ1n) is 6.49. The molecule has 0 N–H and O–H groups in total. The Bertz CT molecular complexity index is 580. The second-order valence-electron chi connectivity index (χ2n) is 4.82. The fourth-order valence-electron chi connectivity index (χ4n) is 2.07. The Morgan fingerprint density at radius 3 is 2.10 bits per heavy atom. The van der Waals surface area contributed by atoms with Crippen LogP contribution in [0.2, 0.25) is 0 Å². The van der Waals surface area contributed by atoms with Crippen LogP contribution in [-0.4, -0.2) is 13.1 Å². The van der Waals surface area contributed by atoms with Crippen LogP contribution in [0.15, 0.2) is 42.5 Å². The van der Waals surface area contributed by atoms with E-state index in [0.29, 0.717) is 5.75 Å². The van der Waals surface area contributed by atoms with Gasteiger partial charge in [-0.05, 0) is 54.8 Å². The Morgan fingerprint density at radius 1 is 0.950 bits per heavy atom. The van der Waals surface area contributed by atoms with Gasteiger partial charge in [0.05, 0.1) is 13.5 Å². The maximum Gasteiger partial charge on any atom is 0.315 e. The van der Waals surface area contributed by atoms with Crippen LogP contribution >= 0.6 is 0 Å². The molecular weight excluding hydrogens is 252 g/mol. The van der Waals surface area contributed by atoms with E-state index < -0.39 is 0 Å². The van der Waals surface area contributed by atoms with Crippen molar-refractivity contribution in [2.45, 2.75) is 20.3 Å². The van der Waals surface area contributed by atoms with E-state index in [2.05, 4.69) is 0 Å². The number of aryl methyl sites for hydroxylation is 2. The summed E-state index contributed by atoms with van der Waals surface area (Å²) >= 11 is 0. The summed E-state index contributed by atoms with van der Waals surface area (Å²) in [7, 11) is 1.61. The van der Waals surface area contributed by atoms with Gasteiger partial charge in [-0.2, -0.15) is 0 Å². The largest absolute Gasteiger partial charge is 0.497 e. The van der Waals surface area contributed by atoms with Gasteiger partial charge in [-0.1, -0.05) is 18.2 Å². The van der Waals surface area contributed by atoms with Crippen molar-refractivity contribution in [1.29, 1.82) is 0 Å². The third kappa shape index (κ3) is 3.85. The van der Waals surface area contributed by atoms with Crippen molar-refractivity contribution in [3.63, 3.8) is 0 Å². The highest BCUT2D eigenvalue weighted by molar-refractivity contribution is 5.75. The number of methoxy groups -OCH3 is 1. The van der Waals surface area contributed by atoms with Gasteiger partial charge in [0.2, 0.25) is 0 Å². The maximum absolute atomic E-state index is 11.9. The highest BCUT2D eigenvalue weighted by Crippen LogP contribution is 2.17. The summed E-state index contributed by atoms with van der Waals surface area (Å²) < 4.78 is 10.4. The van der Waals surface area contributed by atoms with Gasteiger partial charge in [0.1, 0.15) is 11.5 Å². The summed E-state index contributed by atoms with van der Waals surface area (Å²) in [5, 5.41) is 0. The number of ether oxygens (including phenoxy) is 2. The molecule has 0 saturated carbocycles. The topological polar surface area (TPSA) is 35.5 Å². The minimum absolute atomic E-state index is 0.247. The summed E-state index contributed by atoms with van der Waals surface area (Å²) in [6, 6.07) is 13.2. The smallest absolute Gasteiger partial charge is 0.315 e. The molecule has 2 aromatic rings. The highest BCUT2D eigenvalue weighted by atomic mass is 16.5. The molecule has 0 bridgehead atoms. The minimum atomic E-state index is -0.264. The van der Waals surface area contributed by atoms with Crippen molar-refractivity contribution in [1.82, 2.24) is 0 Å². The van der Waals surface area contributed by atoms with Crippen LogP contribution in [-0.2, 0) is 11.2 Å². The first kappa shape index (κ1) is 14.1. The van der Waals surface area contributed by atoms with Crippen LogP contribution in [0.3, 0.4) is 0 Å². The van der Waals surface area contributed by atoms with Gasteiger partial charge in [0.25, 0.3) is 0 Å². The molecule has 3 heteroatoms. The Kier molecular flexibility index (Phi) is 4.41. The Labute approximate surface area is 119 Å². The highest BCUT2D eigenvalue weighted by Gasteiger charge is 2.07. The summed E-state index contributed by atoms with van der Waals surface area (Å²) in [6.07, 6.45) is 0.247. The number of carbonyl (C=O) groups is 1. The summed E-state index contributed by atoms with van der Waals surface area (Å²) in [4.78, 5) is 11.9. The van der Waals surface area contributed by atoms with Crippen LogP contribution in [0.4, 0.5) is 0 Å². The molecular formula is C17H18O3. The molecule has 0 radical (unpaired) electrons. The van der Waals surface area contributed by atoms with E-state index in [-0.39, 0.29) is 12.4 Å². The molecule has 20 heavy (non-hydrogen) atoms. The van der Waals surface area contributed by atoms with Gasteiger partial charge >= 0.3 is 5.97 Å². The first-order chi connectivity index (χ1) is 9.56. The molecule has 0 atom stereocenters. The molecule has 0 aliphatic heterocycles. The van der Waals surface area contributed by atoms with Gasteiger partial charge in [-0.3, -0.25) is 4.79 Å². The predicted molar refractivity (Wildman–Crippen MR) is 78.2 cm³/mol. The average Bonchev–Trinajstić information content (AvgIpc) is 2.38. The van der Waals surface area contributed by atoms with Crippen molar-refractivity contribution >= 4 is 5.97 Å². The van der Waals surface area contributed by atoms with Gasteiger partial charge < -0.3 is 9.47 Å². The van der Waals surface area contributed by atoms with Gasteiger partial charge in [-0.25, -0.2) is 0 Å². The molecule has 0 aliphatic carbocycles. The molecule has 0 heterocycles. The summed E-state index contributed by atoms with van der Waals surface area (Å²) in [6.45, 7) is 3.96. The third-order valence-corrected chi connectivity index (χ3v) is 2.93. The molecule has 0 aliphatic rings. The SMILES string of the molecule is COc1ccc(CC(=O)Oc2cc(C)cc(C)c2)cc1. The third-order valence-electron chi connectivity index (χ3n) is 2.93. The van der Waals surface area contributed by atoms with E-state index in [1.807, 2.05) is 56.3 Å². The van der Waals surface area contributed by atoms with Crippen LogP contribution in [0.1, 0.15) is 16.7 Å². The quantitative estimate of drug-likeness (QED) is 0.630. The molecule has 104 valence electrons. The molecule has 0 fully saturated rings. The lowest BCUT2D eigenvalue weighted by atomic mass is 10.1. The lowest BCUT2D eigenvalue weighted by molar-refractivity contribution is -0.133. The molecule has 2 rings (SSSR count). The zero-order valence-corrected chi connectivity index (χ0v) is 12.0. The monoisotopic (exact) mass is 270 g/mol. The second kappa shape index (κ2) is 6.24. The average molecular weight is 270 g/mol. The normalized spacial score (nSPS) is 10.2. The lowest BCUT2D eigenvalue weighted by Gasteiger charge is -2.07. The Balaban J connectivity index is 2.01. The van der Waals surface area contributed by atoms with E-state index in [4.69, 9.17) is 9.47 Å². The second-order valence-corrected chi connectivity index (χ2v) is 4.82. The maximum atomic E-state index is 11.9. The van der Waals surface area contributed by atoms with Crippen molar-refractivity contribution in [2.75, 3.05) is 7.11 Å². The minimum Gasteiger partial charge on any atom is -0.497 e. The predicted octanol–water partition coefficient (Wildman–Crippen LogP) is 3.46. The molecule has 2 aromatic carbocycles. The Morgan fingerprint density at radius 2 is 1.55 bits per heavy atom. The fourth-order valence-corrected chi connectivity index (χ4v) is 2.07. The van der Waals surface area contributed by atoms with Crippen molar-refractivity contribution < 1.29 is 14.3 Å². The van der Waals surface area contributed by atoms with Crippen LogP contribution in [0, 0.1) is 13.8 Å². The van der Waals surface area contributed by atoms with E-state index in [9.17, 15) is 4.79 Å². The summed E-state index contributed by atoms with van der Waals surface area (Å²) in [5.74, 6) is 1.11. The van der Waals surface area contributed by atoms with Crippen LogP contribution < -0.4 is 9.47 Å². The molecule has 0 unspecified atom stereocenters. The molecule has 3 nitrogen and oxygen atoms in total. The van der Waals surface area contributed by atoms with Crippen molar-refractivity contribution in [3.05, 3.63) is 59.2 Å². The van der Waals surface area contributed by atoms with Crippen LogP contribution in [0.25, 0.3) is 0 Å². The van der Waals surface area contributed by atoms with E-state index >= 15 is 0 Å². The molecule has 0 aromatic heterocycles. The van der Waals surface area contributed by atoms with Gasteiger partial charge in [-0.15, -0.1) is 0 Å². The van der Waals surface area contributed by atoms with E-state index in [1.165, 1.54) is 0 Å². The number of esters is 1.